The van der Waals surface area contributed by atoms with Crippen molar-refractivity contribution in [2.45, 2.75) is 39.0 Å². The van der Waals surface area contributed by atoms with Crippen LogP contribution in [0.4, 0.5) is 4.39 Å². The number of aliphatic hydroxyl groups is 1. The van der Waals surface area contributed by atoms with Gasteiger partial charge in [-0.05, 0) is 19.3 Å². The summed E-state index contributed by atoms with van der Waals surface area (Å²) in [5, 5.41) is 9.39. The maximum absolute atomic E-state index is 13.7. The smallest absolute Gasteiger partial charge is 0.146 e. The molecule has 1 saturated heterocycles. The molecular weight excluding hydrogens is 169 g/mol. The van der Waals surface area contributed by atoms with Crippen molar-refractivity contribution in [1.82, 2.24) is 4.90 Å². The van der Waals surface area contributed by atoms with Crippen molar-refractivity contribution in [3.8, 4) is 0 Å². The summed E-state index contributed by atoms with van der Waals surface area (Å²) in [5.74, 6) is 0.561. The summed E-state index contributed by atoms with van der Waals surface area (Å²) in [5.41, 5.74) is -1.42. The number of piperidine rings is 1. The third kappa shape index (κ3) is 2.92. The number of aliphatic hydroxyl groups excluding tert-OH is 1. The van der Waals surface area contributed by atoms with E-state index in [1.54, 1.807) is 0 Å². The molecule has 1 heterocycles. The molecule has 2 nitrogen and oxygen atoms in total. The molecule has 1 N–H and O–H groups in total. The average molecular weight is 189 g/mol. The van der Waals surface area contributed by atoms with Gasteiger partial charge in [0.2, 0.25) is 0 Å². The number of likely N-dealkylation sites (tertiary alicyclic amines) is 1. The fourth-order valence-corrected chi connectivity index (χ4v) is 1.90. The summed E-state index contributed by atoms with van der Waals surface area (Å²) in [7, 11) is 0. The van der Waals surface area contributed by atoms with Gasteiger partial charge in [-0.2, -0.15) is 0 Å². The van der Waals surface area contributed by atoms with Gasteiger partial charge in [-0.1, -0.05) is 13.8 Å². The largest absolute Gasteiger partial charge is 0.390 e. The zero-order valence-electron chi connectivity index (χ0n) is 8.76. The van der Waals surface area contributed by atoms with Gasteiger partial charge in [0.25, 0.3) is 0 Å². The second kappa shape index (κ2) is 3.93. The Hall–Kier alpha value is -0.150. The second-order valence-corrected chi connectivity index (χ2v) is 4.71. The van der Waals surface area contributed by atoms with Crippen LogP contribution in [0.3, 0.4) is 0 Å². The fourth-order valence-electron chi connectivity index (χ4n) is 1.90. The van der Waals surface area contributed by atoms with Crippen LogP contribution in [0.2, 0.25) is 0 Å². The molecule has 1 fully saturated rings. The highest BCUT2D eigenvalue weighted by Gasteiger charge is 2.38. The number of hydrogen-bond donors (Lipinski definition) is 1. The van der Waals surface area contributed by atoms with Crippen LogP contribution < -0.4 is 0 Å². The minimum absolute atomic E-state index is 0.367. The Labute approximate surface area is 79.7 Å². The van der Waals surface area contributed by atoms with E-state index < -0.39 is 11.8 Å². The van der Waals surface area contributed by atoms with E-state index in [1.165, 1.54) is 6.92 Å². The van der Waals surface area contributed by atoms with Gasteiger partial charge >= 0.3 is 0 Å². The molecule has 1 aliphatic heterocycles. The zero-order chi connectivity index (χ0) is 10.1. The molecule has 78 valence electrons. The predicted octanol–water partition coefficient (Wildman–Crippen LogP) is 1.44. The van der Waals surface area contributed by atoms with Gasteiger partial charge in [0, 0.05) is 19.6 Å². The molecule has 0 aromatic carbocycles. The van der Waals surface area contributed by atoms with Crippen molar-refractivity contribution in [2.75, 3.05) is 19.6 Å². The number of rotatable bonds is 2. The van der Waals surface area contributed by atoms with Gasteiger partial charge in [-0.25, -0.2) is 4.39 Å². The maximum atomic E-state index is 13.7. The summed E-state index contributed by atoms with van der Waals surface area (Å²) in [6.45, 7) is 7.85. The van der Waals surface area contributed by atoms with Crippen molar-refractivity contribution >= 4 is 0 Å². The number of halogens is 1. The second-order valence-electron chi connectivity index (χ2n) is 4.71. The van der Waals surface area contributed by atoms with E-state index in [-0.39, 0.29) is 0 Å². The predicted molar refractivity (Wildman–Crippen MR) is 51.4 cm³/mol. The van der Waals surface area contributed by atoms with E-state index in [4.69, 9.17) is 0 Å². The topological polar surface area (TPSA) is 23.5 Å². The van der Waals surface area contributed by atoms with Gasteiger partial charge in [0.05, 0.1) is 6.10 Å². The van der Waals surface area contributed by atoms with Crippen molar-refractivity contribution in [2.24, 2.45) is 5.92 Å². The van der Waals surface area contributed by atoms with Crippen LogP contribution in [0.5, 0.6) is 0 Å². The summed E-state index contributed by atoms with van der Waals surface area (Å²) in [6, 6.07) is 0. The molecule has 0 amide bonds. The lowest BCUT2D eigenvalue weighted by Gasteiger charge is -2.39. The van der Waals surface area contributed by atoms with Gasteiger partial charge in [0.1, 0.15) is 5.67 Å². The lowest BCUT2D eigenvalue weighted by molar-refractivity contribution is -0.0592. The van der Waals surface area contributed by atoms with Crippen LogP contribution in [0.1, 0.15) is 27.2 Å². The maximum Gasteiger partial charge on any atom is 0.146 e. The normalized spacial score (nSPS) is 36.9. The van der Waals surface area contributed by atoms with Gasteiger partial charge < -0.3 is 5.11 Å². The first-order chi connectivity index (χ1) is 5.92. The lowest BCUT2D eigenvalue weighted by atomic mass is 9.93. The van der Waals surface area contributed by atoms with Crippen molar-refractivity contribution in [3.63, 3.8) is 0 Å². The van der Waals surface area contributed by atoms with E-state index in [1.807, 2.05) is 0 Å². The van der Waals surface area contributed by atoms with Gasteiger partial charge in [-0.15, -0.1) is 0 Å². The summed E-state index contributed by atoms with van der Waals surface area (Å²) in [4.78, 5) is 2.09. The Morgan fingerprint density at radius 1 is 1.62 bits per heavy atom. The van der Waals surface area contributed by atoms with Crippen molar-refractivity contribution in [1.29, 1.82) is 0 Å². The molecule has 0 unspecified atom stereocenters. The quantitative estimate of drug-likeness (QED) is 0.710. The van der Waals surface area contributed by atoms with E-state index in [9.17, 15) is 9.50 Å². The summed E-state index contributed by atoms with van der Waals surface area (Å²) < 4.78 is 13.7. The van der Waals surface area contributed by atoms with Gasteiger partial charge in [-0.3, -0.25) is 4.90 Å². The first-order valence-corrected chi connectivity index (χ1v) is 5.01. The molecule has 0 saturated carbocycles. The average Bonchev–Trinajstić information content (AvgIpc) is 1.95. The van der Waals surface area contributed by atoms with Crippen molar-refractivity contribution < 1.29 is 9.50 Å². The van der Waals surface area contributed by atoms with Crippen LogP contribution in [-0.2, 0) is 0 Å². The third-order valence-corrected chi connectivity index (χ3v) is 2.57. The van der Waals surface area contributed by atoms with E-state index >= 15 is 0 Å². The molecule has 1 rings (SSSR count). The minimum atomic E-state index is -1.42. The van der Waals surface area contributed by atoms with Crippen molar-refractivity contribution in [3.05, 3.63) is 0 Å². The van der Waals surface area contributed by atoms with E-state index in [2.05, 4.69) is 18.7 Å². The van der Waals surface area contributed by atoms with Crippen LogP contribution in [0.15, 0.2) is 0 Å². The summed E-state index contributed by atoms with van der Waals surface area (Å²) in [6.07, 6.45) is -0.226. The highest BCUT2D eigenvalue weighted by atomic mass is 19.1. The standard InChI is InChI=1S/C10H20FNO/c1-8(2)6-12-5-4-9(13)10(3,11)7-12/h8-9,13H,4-7H2,1-3H3/t9-,10+/m0/s1. The Morgan fingerprint density at radius 2 is 2.23 bits per heavy atom. The molecule has 0 aromatic heterocycles. The molecule has 0 radical (unpaired) electrons. The van der Waals surface area contributed by atoms with Crippen LogP contribution in [0.25, 0.3) is 0 Å². The van der Waals surface area contributed by atoms with Gasteiger partial charge in [0.15, 0.2) is 0 Å². The van der Waals surface area contributed by atoms with E-state index in [0.717, 1.165) is 13.1 Å². The fraction of sp³-hybridized carbons (Fsp3) is 1.00. The molecular formula is C10H20FNO. The van der Waals surface area contributed by atoms with Crippen LogP contribution >= 0.6 is 0 Å². The van der Waals surface area contributed by atoms with Crippen LogP contribution in [-0.4, -0.2) is 41.4 Å². The Balaban J connectivity index is 2.46. The summed E-state index contributed by atoms with van der Waals surface area (Å²) >= 11 is 0. The molecule has 0 aromatic rings. The Bertz CT molecular complexity index is 170. The SMILES string of the molecule is CC(C)CN1CC[C@H](O)[C@](C)(F)C1. The third-order valence-electron chi connectivity index (χ3n) is 2.57. The monoisotopic (exact) mass is 189 g/mol. The van der Waals surface area contributed by atoms with E-state index in [0.29, 0.717) is 18.9 Å². The number of nitrogens with zero attached hydrogens (tertiary/aromatic N) is 1. The highest BCUT2D eigenvalue weighted by Crippen LogP contribution is 2.25. The molecule has 13 heavy (non-hydrogen) atoms. The molecule has 1 aliphatic rings. The molecule has 2 atom stereocenters. The number of hydrogen-bond acceptors (Lipinski definition) is 2. The minimum Gasteiger partial charge on any atom is -0.390 e. The highest BCUT2D eigenvalue weighted by molar-refractivity contribution is 4.90. The first-order valence-electron chi connectivity index (χ1n) is 5.01. The lowest BCUT2D eigenvalue weighted by Crippen LogP contribution is -2.52. The Morgan fingerprint density at radius 3 is 2.69 bits per heavy atom. The molecule has 0 aliphatic carbocycles. The zero-order valence-corrected chi connectivity index (χ0v) is 8.76. The van der Waals surface area contributed by atoms with Crippen LogP contribution in [0, 0.1) is 5.92 Å². The Kier molecular flexibility index (Phi) is 3.30. The molecule has 0 spiro atoms. The molecule has 0 bridgehead atoms. The number of alkyl halides is 1. The molecule has 3 heteroatoms. The first kappa shape index (κ1) is 10.9.